The maximum atomic E-state index is 13.1. The summed E-state index contributed by atoms with van der Waals surface area (Å²) in [7, 11) is 0. The summed E-state index contributed by atoms with van der Waals surface area (Å²) < 4.78 is 3.31. The highest BCUT2D eigenvalue weighted by Gasteiger charge is 2.15. The second kappa shape index (κ2) is 9.40. The molecule has 0 fully saturated rings. The van der Waals surface area contributed by atoms with E-state index < -0.39 is 0 Å². The molecule has 1 aromatic carbocycles. The lowest BCUT2D eigenvalue weighted by Crippen LogP contribution is -2.24. The Hall–Kier alpha value is -4.12. The molecule has 0 atom stereocenters. The van der Waals surface area contributed by atoms with Gasteiger partial charge in [-0.1, -0.05) is 36.0 Å². The summed E-state index contributed by atoms with van der Waals surface area (Å²) in [5.74, 6) is 1.59. The number of pyridine rings is 1. The van der Waals surface area contributed by atoms with E-state index in [4.69, 9.17) is 0 Å². The van der Waals surface area contributed by atoms with Crippen molar-refractivity contribution in [2.45, 2.75) is 31.3 Å². The SMILES string of the molecule is Cc1cc(C)n2nc(SCc3ccccc3C(=O)NCc3cccnc3-n3cncn3)nc2n1. The van der Waals surface area contributed by atoms with Crippen LogP contribution in [0.4, 0.5) is 0 Å². The molecular formula is C23H21N9OS. The summed E-state index contributed by atoms with van der Waals surface area (Å²) in [5, 5.41) is 12.3. The van der Waals surface area contributed by atoms with E-state index in [1.54, 1.807) is 21.7 Å². The van der Waals surface area contributed by atoms with Gasteiger partial charge in [0.05, 0.1) is 0 Å². The Morgan fingerprint density at radius 2 is 1.94 bits per heavy atom. The molecule has 10 nitrogen and oxygen atoms in total. The number of amides is 1. The highest BCUT2D eigenvalue weighted by atomic mass is 32.2. The quantitative estimate of drug-likeness (QED) is 0.360. The molecule has 11 heteroatoms. The van der Waals surface area contributed by atoms with Gasteiger partial charge in [0.15, 0.2) is 5.82 Å². The molecule has 0 aliphatic heterocycles. The highest BCUT2D eigenvalue weighted by molar-refractivity contribution is 7.98. The lowest BCUT2D eigenvalue weighted by atomic mass is 10.1. The Morgan fingerprint density at radius 1 is 1.09 bits per heavy atom. The molecule has 0 bridgehead atoms. The molecule has 34 heavy (non-hydrogen) atoms. The number of hydrogen-bond acceptors (Lipinski definition) is 8. The highest BCUT2D eigenvalue weighted by Crippen LogP contribution is 2.23. The Bertz CT molecular complexity index is 1460. The molecule has 0 unspecified atom stereocenters. The first-order valence-corrected chi connectivity index (χ1v) is 11.6. The summed E-state index contributed by atoms with van der Waals surface area (Å²) in [5.41, 5.74) is 4.21. The van der Waals surface area contributed by atoms with Gasteiger partial charge < -0.3 is 5.32 Å². The Kier molecular flexibility index (Phi) is 6.00. The van der Waals surface area contributed by atoms with Crippen molar-refractivity contribution < 1.29 is 4.79 Å². The Morgan fingerprint density at radius 3 is 2.79 bits per heavy atom. The Labute approximate surface area is 199 Å². The number of fused-ring (bicyclic) bond motifs is 1. The van der Waals surface area contributed by atoms with Crippen LogP contribution in [-0.4, -0.2) is 45.2 Å². The van der Waals surface area contributed by atoms with E-state index >= 15 is 0 Å². The number of carbonyl (C=O) groups excluding carboxylic acids is 1. The zero-order valence-corrected chi connectivity index (χ0v) is 19.4. The fraction of sp³-hybridized carbons (Fsp3) is 0.174. The summed E-state index contributed by atoms with van der Waals surface area (Å²) in [6, 6.07) is 13.2. The number of rotatable bonds is 7. The average molecular weight is 472 g/mol. The van der Waals surface area contributed by atoms with Gasteiger partial charge in [-0.3, -0.25) is 4.79 Å². The second-order valence-electron chi connectivity index (χ2n) is 7.60. The number of nitrogens with zero attached hydrogens (tertiary/aromatic N) is 8. The maximum absolute atomic E-state index is 13.1. The molecule has 0 saturated carbocycles. The molecule has 0 aliphatic carbocycles. The summed E-state index contributed by atoms with van der Waals surface area (Å²) >= 11 is 1.47. The maximum Gasteiger partial charge on any atom is 0.253 e. The van der Waals surface area contributed by atoms with E-state index in [0.717, 1.165) is 22.5 Å². The minimum absolute atomic E-state index is 0.166. The van der Waals surface area contributed by atoms with E-state index in [0.29, 0.717) is 34.6 Å². The predicted molar refractivity (Wildman–Crippen MR) is 127 cm³/mol. The van der Waals surface area contributed by atoms with Crippen molar-refractivity contribution in [3.63, 3.8) is 0 Å². The van der Waals surface area contributed by atoms with Crippen molar-refractivity contribution >= 4 is 23.4 Å². The topological polar surface area (TPSA) is 116 Å². The zero-order valence-electron chi connectivity index (χ0n) is 18.6. The molecule has 5 aromatic rings. The van der Waals surface area contributed by atoms with Crippen molar-refractivity contribution in [1.82, 2.24) is 44.6 Å². The van der Waals surface area contributed by atoms with Crippen molar-refractivity contribution in [2.75, 3.05) is 0 Å². The lowest BCUT2D eigenvalue weighted by molar-refractivity contribution is 0.0950. The molecule has 1 amide bonds. The van der Waals surface area contributed by atoms with Gasteiger partial charge in [-0.15, -0.1) is 5.10 Å². The van der Waals surface area contributed by atoms with Gasteiger partial charge in [-0.05, 0) is 37.6 Å². The van der Waals surface area contributed by atoms with E-state index in [9.17, 15) is 4.79 Å². The van der Waals surface area contributed by atoms with Crippen LogP contribution in [0.2, 0.25) is 0 Å². The molecule has 0 saturated heterocycles. The van der Waals surface area contributed by atoms with Gasteiger partial charge in [0, 0.05) is 41.0 Å². The normalized spacial score (nSPS) is 11.1. The van der Waals surface area contributed by atoms with Crippen molar-refractivity contribution in [3.05, 3.63) is 89.4 Å². The van der Waals surface area contributed by atoms with E-state index in [-0.39, 0.29) is 5.91 Å². The molecule has 5 rings (SSSR count). The number of aromatic nitrogens is 8. The third kappa shape index (κ3) is 4.50. The molecule has 0 aliphatic rings. The summed E-state index contributed by atoms with van der Waals surface area (Å²) in [4.78, 5) is 30.3. The van der Waals surface area contributed by atoms with Gasteiger partial charge in [-0.2, -0.15) is 10.1 Å². The monoisotopic (exact) mass is 471 g/mol. The second-order valence-corrected chi connectivity index (χ2v) is 8.54. The minimum atomic E-state index is -0.166. The van der Waals surface area contributed by atoms with Crippen LogP contribution in [0.1, 0.15) is 32.9 Å². The van der Waals surface area contributed by atoms with Gasteiger partial charge in [0.25, 0.3) is 11.7 Å². The van der Waals surface area contributed by atoms with Gasteiger partial charge in [0.2, 0.25) is 5.16 Å². The van der Waals surface area contributed by atoms with Crippen molar-refractivity contribution in [2.24, 2.45) is 0 Å². The third-order valence-electron chi connectivity index (χ3n) is 5.16. The minimum Gasteiger partial charge on any atom is -0.348 e. The van der Waals surface area contributed by atoms with Gasteiger partial charge in [0.1, 0.15) is 12.7 Å². The van der Waals surface area contributed by atoms with Gasteiger partial charge in [-0.25, -0.2) is 24.1 Å². The number of benzene rings is 1. The smallest absolute Gasteiger partial charge is 0.253 e. The zero-order chi connectivity index (χ0) is 23.5. The number of aryl methyl sites for hydroxylation is 2. The van der Waals surface area contributed by atoms with E-state index in [2.05, 4.69) is 35.5 Å². The first-order valence-electron chi connectivity index (χ1n) is 10.6. The number of nitrogens with one attached hydrogen (secondary N) is 1. The number of hydrogen-bond donors (Lipinski definition) is 1. The van der Waals surface area contributed by atoms with Crippen molar-refractivity contribution in [1.29, 1.82) is 0 Å². The molecule has 0 spiro atoms. The molecule has 4 heterocycles. The Balaban J connectivity index is 1.30. The van der Waals surface area contributed by atoms with Crippen LogP contribution in [0.15, 0.2) is 66.5 Å². The lowest BCUT2D eigenvalue weighted by Gasteiger charge is -2.11. The van der Waals surface area contributed by atoms with Crippen LogP contribution < -0.4 is 5.32 Å². The summed E-state index contributed by atoms with van der Waals surface area (Å²) in [6.07, 6.45) is 4.70. The largest absolute Gasteiger partial charge is 0.348 e. The molecule has 0 radical (unpaired) electrons. The van der Waals surface area contributed by atoms with Crippen LogP contribution in [0.3, 0.4) is 0 Å². The molecular weight excluding hydrogens is 450 g/mol. The number of carbonyl (C=O) groups is 1. The fourth-order valence-electron chi connectivity index (χ4n) is 3.58. The number of thioether (sulfide) groups is 1. The fourth-order valence-corrected chi connectivity index (χ4v) is 4.40. The first kappa shape index (κ1) is 21.7. The molecule has 170 valence electrons. The predicted octanol–water partition coefficient (Wildman–Crippen LogP) is 2.94. The van der Waals surface area contributed by atoms with Crippen LogP contribution in [0.25, 0.3) is 11.6 Å². The summed E-state index contributed by atoms with van der Waals surface area (Å²) in [6.45, 7) is 4.21. The van der Waals surface area contributed by atoms with Crippen molar-refractivity contribution in [3.8, 4) is 5.82 Å². The van der Waals surface area contributed by atoms with Crippen LogP contribution >= 0.6 is 11.8 Å². The van der Waals surface area contributed by atoms with Gasteiger partial charge >= 0.3 is 0 Å². The third-order valence-corrected chi connectivity index (χ3v) is 6.05. The van der Waals surface area contributed by atoms with Crippen LogP contribution in [0, 0.1) is 13.8 Å². The van der Waals surface area contributed by atoms with Crippen LogP contribution in [-0.2, 0) is 12.3 Å². The molecule has 1 N–H and O–H groups in total. The van der Waals surface area contributed by atoms with Crippen LogP contribution in [0.5, 0.6) is 0 Å². The standard InChI is InChI=1S/C23H21N9OS/c1-15-10-16(2)32-22(28-15)29-23(30-32)34-12-18-6-3-4-8-19(18)21(33)26-11-17-7-5-9-25-20(17)31-14-24-13-27-31/h3-10,13-14H,11-12H2,1-2H3,(H,26,33). The van der Waals surface area contributed by atoms with E-state index in [1.807, 2.05) is 56.3 Å². The average Bonchev–Trinajstić information content (AvgIpc) is 3.52. The first-order chi connectivity index (χ1) is 16.6. The molecule has 4 aromatic heterocycles. The van der Waals surface area contributed by atoms with E-state index in [1.165, 1.54) is 18.1 Å².